The van der Waals surface area contributed by atoms with Crippen LogP contribution in [0, 0.1) is 11.2 Å². The fourth-order valence-corrected chi connectivity index (χ4v) is 4.27. The van der Waals surface area contributed by atoms with Crippen LogP contribution in [-0.2, 0) is 4.74 Å². The average Bonchev–Trinajstić information content (AvgIpc) is 2.81. The molecule has 0 saturated carbocycles. The number of rotatable bonds is 2. The monoisotopic (exact) mass is 424 g/mol. The van der Waals surface area contributed by atoms with Gasteiger partial charge in [-0.15, -0.1) is 0 Å². The molecule has 2 aliphatic rings. The molecule has 1 fully saturated rings. The van der Waals surface area contributed by atoms with Gasteiger partial charge in [-0.25, -0.2) is 9.37 Å². The number of amidine groups is 1. The molecule has 4 rings (SSSR count). The van der Waals surface area contributed by atoms with E-state index in [1.807, 2.05) is 0 Å². The van der Waals surface area contributed by atoms with Crippen molar-refractivity contribution in [2.24, 2.45) is 0 Å². The van der Waals surface area contributed by atoms with E-state index in [-0.39, 0.29) is 11.9 Å². The number of likely N-dealkylation sites (N-methyl/N-ethyl adjacent to an activating group) is 1. The fourth-order valence-electron chi connectivity index (χ4n) is 4.27. The Morgan fingerprint density at radius 2 is 2.13 bits per heavy atom. The molecule has 1 unspecified atom stereocenters. The van der Waals surface area contributed by atoms with Gasteiger partial charge in [-0.1, -0.05) is 0 Å². The standard InChI is InChI=1S/C22H25FN6O2/c1-25-21(31-3)19-16-11-26-12-18(27-16)29-9-5-4-6-17(29)15-10-13(23)7-8-14(15)22(30)28(2)20(19)24/h7-8,10-12,17,24-25H,4-6,9H2,1-3H3/b21-19+,24-20?. The summed E-state index contributed by atoms with van der Waals surface area (Å²) < 4.78 is 19.7. The molecule has 0 spiro atoms. The first kappa shape index (κ1) is 20.8. The second-order valence-electron chi connectivity index (χ2n) is 7.57. The van der Waals surface area contributed by atoms with Crippen molar-refractivity contribution in [1.29, 1.82) is 5.41 Å². The highest BCUT2D eigenvalue weighted by Gasteiger charge is 2.33. The molecule has 2 N–H and O–H groups in total. The smallest absolute Gasteiger partial charge is 0.259 e. The molecule has 0 radical (unpaired) electrons. The van der Waals surface area contributed by atoms with E-state index in [1.54, 1.807) is 19.4 Å². The van der Waals surface area contributed by atoms with Gasteiger partial charge < -0.3 is 15.0 Å². The molecule has 2 aromatic rings. The maximum absolute atomic E-state index is 14.3. The molecule has 162 valence electrons. The van der Waals surface area contributed by atoms with Crippen molar-refractivity contribution >= 4 is 23.1 Å². The average molecular weight is 424 g/mol. The third kappa shape index (κ3) is 3.60. The number of carbonyl (C=O) groups excluding carboxylic acids is 1. The number of hydrogen-bond donors (Lipinski definition) is 2. The van der Waals surface area contributed by atoms with E-state index >= 15 is 0 Å². The minimum atomic E-state index is -0.401. The van der Waals surface area contributed by atoms with Gasteiger partial charge in [0.15, 0.2) is 5.88 Å². The summed E-state index contributed by atoms with van der Waals surface area (Å²) in [6.07, 6.45) is 5.89. The van der Waals surface area contributed by atoms with Crippen LogP contribution in [0.2, 0.25) is 0 Å². The number of piperidine rings is 1. The van der Waals surface area contributed by atoms with E-state index in [9.17, 15) is 9.18 Å². The summed E-state index contributed by atoms with van der Waals surface area (Å²) >= 11 is 0. The van der Waals surface area contributed by atoms with E-state index in [0.717, 1.165) is 19.3 Å². The molecule has 8 nitrogen and oxygen atoms in total. The summed E-state index contributed by atoms with van der Waals surface area (Å²) in [6, 6.07) is 3.99. The van der Waals surface area contributed by atoms with E-state index in [0.29, 0.717) is 40.6 Å². The van der Waals surface area contributed by atoms with Gasteiger partial charge in [-0.2, -0.15) is 0 Å². The van der Waals surface area contributed by atoms with Crippen LogP contribution in [0.1, 0.15) is 46.9 Å². The van der Waals surface area contributed by atoms with Crippen LogP contribution in [0.5, 0.6) is 0 Å². The molecular weight excluding hydrogens is 399 g/mol. The van der Waals surface area contributed by atoms with E-state index < -0.39 is 11.7 Å². The summed E-state index contributed by atoms with van der Waals surface area (Å²) in [5, 5.41) is 11.7. The molecule has 1 aromatic heterocycles. The van der Waals surface area contributed by atoms with Crippen molar-refractivity contribution in [2.45, 2.75) is 25.3 Å². The Morgan fingerprint density at radius 1 is 1.32 bits per heavy atom. The van der Waals surface area contributed by atoms with Gasteiger partial charge >= 0.3 is 0 Å². The van der Waals surface area contributed by atoms with Gasteiger partial charge in [-0.05, 0) is 43.0 Å². The highest BCUT2D eigenvalue weighted by molar-refractivity contribution is 6.26. The minimum Gasteiger partial charge on any atom is -0.482 e. The molecule has 1 aromatic carbocycles. The van der Waals surface area contributed by atoms with Crippen LogP contribution in [0.25, 0.3) is 5.57 Å². The van der Waals surface area contributed by atoms with Gasteiger partial charge in [0.05, 0.1) is 25.5 Å². The number of fused-ring (bicyclic) bond motifs is 6. The maximum Gasteiger partial charge on any atom is 0.259 e. The molecule has 1 atom stereocenters. The van der Waals surface area contributed by atoms with Crippen molar-refractivity contribution in [2.75, 3.05) is 32.6 Å². The SMILES string of the molecule is CN/C(OC)=C1\C(=N)N(C)C(=O)c2ccc(F)cc2C2CCCCN2c2cncc1n2. The van der Waals surface area contributed by atoms with Crippen LogP contribution in [0.3, 0.4) is 0 Å². The topological polar surface area (TPSA) is 94.4 Å². The molecule has 3 heterocycles. The second kappa shape index (κ2) is 8.33. The second-order valence-corrected chi connectivity index (χ2v) is 7.57. The van der Waals surface area contributed by atoms with Crippen molar-refractivity contribution in [3.05, 3.63) is 59.1 Å². The van der Waals surface area contributed by atoms with Gasteiger partial charge in [0, 0.05) is 26.2 Å². The summed E-state index contributed by atoms with van der Waals surface area (Å²) in [5.41, 5.74) is 1.70. The molecular formula is C22H25FN6O2. The zero-order valence-corrected chi connectivity index (χ0v) is 17.8. The van der Waals surface area contributed by atoms with Crippen molar-refractivity contribution < 1.29 is 13.9 Å². The van der Waals surface area contributed by atoms with Crippen LogP contribution < -0.4 is 10.2 Å². The lowest BCUT2D eigenvalue weighted by Crippen LogP contribution is -2.37. The van der Waals surface area contributed by atoms with Gasteiger partial charge in [-0.3, -0.25) is 20.1 Å². The number of nitrogens with one attached hydrogen (secondary N) is 2. The summed E-state index contributed by atoms with van der Waals surface area (Å²) in [7, 11) is 4.67. The Hall–Kier alpha value is -3.49. The summed E-state index contributed by atoms with van der Waals surface area (Å²) in [5.74, 6) is 0.0217. The molecule has 1 amide bonds. The number of methoxy groups -OCH3 is 1. The first-order valence-corrected chi connectivity index (χ1v) is 10.2. The molecule has 9 heteroatoms. The van der Waals surface area contributed by atoms with Crippen LogP contribution in [0.15, 0.2) is 36.5 Å². The fraction of sp³-hybridized carbons (Fsp3) is 0.364. The Labute approximate surface area is 180 Å². The lowest BCUT2D eigenvalue weighted by Gasteiger charge is -2.37. The van der Waals surface area contributed by atoms with Gasteiger partial charge in [0.2, 0.25) is 0 Å². The Kier molecular flexibility index (Phi) is 5.58. The third-order valence-corrected chi connectivity index (χ3v) is 5.81. The summed E-state index contributed by atoms with van der Waals surface area (Å²) in [4.78, 5) is 25.9. The predicted molar refractivity (Wildman–Crippen MR) is 115 cm³/mol. The lowest BCUT2D eigenvalue weighted by atomic mass is 9.91. The third-order valence-electron chi connectivity index (χ3n) is 5.81. The lowest BCUT2D eigenvalue weighted by molar-refractivity contribution is 0.0869. The molecule has 1 saturated heterocycles. The minimum absolute atomic E-state index is 0.0993. The normalized spacial score (nSPS) is 20.5. The molecule has 2 aliphatic heterocycles. The zero-order chi connectivity index (χ0) is 22.1. The number of anilines is 1. The van der Waals surface area contributed by atoms with Crippen molar-refractivity contribution in [1.82, 2.24) is 20.2 Å². The predicted octanol–water partition coefficient (Wildman–Crippen LogP) is 2.94. The number of nitrogens with zero attached hydrogens (tertiary/aromatic N) is 4. The maximum atomic E-state index is 14.3. The summed E-state index contributed by atoms with van der Waals surface area (Å²) in [6.45, 7) is 0.711. The zero-order valence-electron chi connectivity index (χ0n) is 17.8. The van der Waals surface area contributed by atoms with Crippen LogP contribution in [-0.4, -0.2) is 54.4 Å². The Balaban J connectivity index is 2.02. The number of benzene rings is 1. The Bertz CT molecular complexity index is 1060. The molecule has 31 heavy (non-hydrogen) atoms. The van der Waals surface area contributed by atoms with Gasteiger partial charge in [0.1, 0.15) is 28.7 Å². The van der Waals surface area contributed by atoms with Crippen LogP contribution >= 0.6 is 0 Å². The molecule has 0 aliphatic carbocycles. The number of carbonyl (C=O) groups is 1. The number of hydrogen-bond acceptors (Lipinski definition) is 7. The number of halogens is 1. The number of amides is 1. The van der Waals surface area contributed by atoms with Gasteiger partial charge in [0.25, 0.3) is 5.91 Å². The highest BCUT2D eigenvalue weighted by atomic mass is 19.1. The Morgan fingerprint density at radius 3 is 2.87 bits per heavy atom. The van der Waals surface area contributed by atoms with Crippen molar-refractivity contribution in [3.63, 3.8) is 0 Å². The quantitative estimate of drug-likeness (QED) is 0.720. The highest BCUT2D eigenvalue weighted by Crippen LogP contribution is 2.37. The van der Waals surface area contributed by atoms with Crippen LogP contribution in [0.4, 0.5) is 10.2 Å². The largest absolute Gasteiger partial charge is 0.482 e. The number of ether oxygens (including phenoxy) is 1. The van der Waals surface area contributed by atoms with E-state index in [4.69, 9.17) is 15.1 Å². The van der Waals surface area contributed by atoms with E-state index in [1.165, 1.54) is 37.3 Å². The first-order valence-electron chi connectivity index (χ1n) is 10.2. The van der Waals surface area contributed by atoms with Crippen molar-refractivity contribution in [3.8, 4) is 0 Å². The molecule has 2 bridgehead atoms. The van der Waals surface area contributed by atoms with E-state index in [2.05, 4.69) is 15.2 Å². The first-order chi connectivity index (χ1) is 15.0. The number of aromatic nitrogens is 2.